The zero-order chi connectivity index (χ0) is 90.5. The highest BCUT2D eigenvalue weighted by Crippen LogP contribution is 2.43. The fraction of sp³-hybridized carbons (Fsp3) is 0.750. The first-order valence-corrected chi connectivity index (χ1v) is 37.1. The van der Waals surface area contributed by atoms with Crippen molar-refractivity contribution in [2.75, 3.05) is 39.6 Å². The van der Waals surface area contributed by atoms with Crippen LogP contribution in [-0.4, -0.2) is 342 Å². The normalized spacial score (nSPS) is 33.7. The van der Waals surface area contributed by atoms with Crippen molar-refractivity contribution in [3.05, 3.63) is 0 Å². The van der Waals surface area contributed by atoms with E-state index in [1.165, 1.54) is 0 Å². The van der Waals surface area contributed by atoms with E-state index in [0.717, 1.165) is 125 Å². The molecule has 0 aliphatic carbocycles. The molecular formula is C72H98O49. The van der Waals surface area contributed by atoms with Crippen molar-refractivity contribution in [2.45, 2.75) is 309 Å². The van der Waals surface area contributed by atoms with Gasteiger partial charge < -0.3 is 148 Å². The van der Waals surface area contributed by atoms with Crippen molar-refractivity contribution < 1.29 is 234 Å². The lowest BCUT2D eigenvalue weighted by Crippen LogP contribution is -2.70. The Morgan fingerprint density at radius 2 is 0.347 bits per heavy atom. The molecular weight excluding hydrogens is 1650 g/mol. The van der Waals surface area contributed by atoms with Crippen LogP contribution in [0.25, 0.3) is 0 Å². The maximum Gasteiger partial charge on any atom is 0.303 e. The first kappa shape index (κ1) is 99.8. The average molecular weight is 1750 g/mol. The van der Waals surface area contributed by atoms with E-state index >= 15 is 0 Å². The van der Waals surface area contributed by atoms with Crippen LogP contribution < -0.4 is 0 Å². The summed E-state index contributed by atoms with van der Waals surface area (Å²) < 4.78 is 171. The Balaban J connectivity index is 1.60. The number of rotatable bonds is 34. The standard InChI is InChI=1S/C72H98O49/c1-25(73)93-19-43-49(91)55(102-34(10)82)62(106-38(14)86)68(112-43)120-59-51(100-32(8)80)45(21-95-27(3)75)113-69(65(59)109-41(17)89)118-54-48(24-98-30(6)78)116-72(64(108-40(16)88)58(54)104-36(12)84)121-60-52(101-33(9)81)46(22-96-28(4)76)114-70(66(60)110-42(18)90)117-53-47(23-97-29(5)77)115-71(63(107-39(15)87)57(53)103-35(11)83)119-56-50(99-31(7)79)44(20-94-26(2)74)111-67(92)61(56)105-37(13)85/h43-72,91-92H,19-24H2,1-18H3/t43-,44-,45-,46-,47-,48-,49-,50-,51-,52-,53-,54-,55+,56+,57+,58+,59+,60+,61-,62-,63-,64-,65-,66-,67-,68+,69+,70+,71+,72+/m1/s1. The summed E-state index contributed by atoms with van der Waals surface area (Å²) in [7, 11) is 0. The Labute approximate surface area is 687 Å². The van der Waals surface area contributed by atoms with E-state index in [-0.39, 0.29) is 0 Å². The second-order valence-corrected chi connectivity index (χ2v) is 27.5. The van der Waals surface area contributed by atoms with Gasteiger partial charge in [-0.3, -0.25) is 86.3 Å². The minimum absolute atomic E-state index is 0.790. The van der Waals surface area contributed by atoms with Gasteiger partial charge in [-0.05, 0) is 0 Å². The minimum atomic E-state index is -2.50. The van der Waals surface area contributed by atoms with Crippen molar-refractivity contribution in [1.82, 2.24) is 0 Å². The zero-order valence-corrected chi connectivity index (χ0v) is 68.6. The van der Waals surface area contributed by atoms with E-state index in [0.29, 0.717) is 0 Å². The molecule has 6 saturated heterocycles. The van der Waals surface area contributed by atoms with Gasteiger partial charge in [0.15, 0.2) is 111 Å². The van der Waals surface area contributed by atoms with E-state index in [1.807, 2.05) is 0 Å². The third-order valence-corrected chi connectivity index (χ3v) is 17.4. The summed E-state index contributed by atoms with van der Waals surface area (Å²) in [6.45, 7) is 9.88. The van der Waals surface area contributed by atoms with Gasteiger partial charge in [-0.1, -0.05) is 0 Å². The summed E-state index contributed by atoms with van der Waals surface area (Å²) in [5.41, 5.74) is 0. The fourth-order valence-electron chi connectivity index (χ4n) is 13.3. The van der Waals surface area contributed by atoms with Gasteiger partial charge in [-0.15, -0.1) is 0 Å². The Morgan fingerprint density at radius 3 is 0.595 bits per heavy atom. The molecule has 49 heteroatoms. The summed E-state index contributed by atoms with van der Waals surface area (Å²) in [5, 5.41) is 23.0. The Bertz CT molecular complexity index is 3710. The molecule has 680 valence electrons. The van der Waals surface area contributed by atoms with Crippen LogP contribution >= 0.6 is 0 Å². The molecule has 0 spiro atoms. The number of carbonyl (C=O) groups is 18. The third-order valence-electron chi connectivity index (χ3n) is 17.4. The van der Waals surface area contributed by atoms with Crippen LogP contribution in [0.5, 0.6) is 0 Å². The number of hydrogen-bond acceptors (Lipinski definition) is 49. The number of aliphatic hydroxyl groups is 2. The number of aliphatic hydroxyl groups excluding tert-OH is 2. The first-order valence-electron chi connectivity index (χ1n) is 37.1. The maximum absolute atomic E-state index is 13.9. The molecule has 6 heterocycles. The van der Waals surface area contributed by atoms with Crippen molar-refractivity contribution in [2.24, 2.45) is 0 Å². The summed E-state index contributed by atoms with van der Waals surface area (Å²) >= 11 is 0. The Morgan fingerprint density at radius 1 is 0.182 bits per heavy atom. The highest BCUT2D eigenvalue weighted by Gasteiger charge is 2.64. The van der Waals surface area contributed by atoms with Crippen molar-refractivity contribution >= 4 is 107 Å². The van der Waals surface area contributed by atoms with Gasteiger partial charge in [-0.2, -0.15) is 0 Å². The van der Waals surface area contributed by atoms with Crippen LogP contribution in [0.3, 0.4) is 0 Å². The molecule has 0 unspecified atom stereocenters. The van der Waals surface area contributed by atoms with E-state index < -0.39 is 331 Å². The molecule has 0 radical (unpaired) electrons. The van der Waals surface area contributed by atoms with Crippen LogP contribution in [0, 0.1) is 0 Å². The highest BCUT2D eigenvalue weighted by molar-refractivity contribution is 5.72. The average Bonchev–Trinajstić information content (AvgIpc) is 0.756. The zero-order valence-electron chi connectivity index (χ0n) is 68.6. The number of hydrogen-bond donors (Lipinski definition) is 2. The Hall–Kier alpha value is -10.1. The molecule has 0 aromatic carbocycles. The lowest BCUT2D eigenvalue weighted by atomic mass is 9.94. The molecule has 121 heavy (non-hydrogen) atoms. The van der Waals surface area contributed by atoms with E-state index in [9.17, 15) is 96.5 Å². The van der Waals surface area contributed by atoms with Gasteiger partial charge in [-0.25, -0.2) is 0 Å². The number of carbonyl (C=O) groups excluding carboxylic acids is 18. The smallest absolute Gasteiger partial charge is 0.303 e. The van der Waals surface area contributed by atoms with Crippen molar-refractivity contribution in [3.63, 3.8) is 0 Å². The minimum Gasteiger partial charge on any atom is -0.463 e. The second kappa shape index (κ2) is 45.7. The quantitative estimate of drug-likeness (QED) is 0.0460. The molecule has 0 saturated carbocycles. The number of esters is 18. The van der Waals surface area contributed by atoms with Crippen LogP contribution in [-0.2, 0) is 224 Å². The molecule has 49 nitrogen and oxygen atoms in total. The lowest BCUT2D eigenvalue weighted by Gasteiger charge is -2.52. The molecule has 6 rings (SSSR count). The van der Waals surface area contributed by atoms with Crippen LogP contribution in [0.15, 0.2) is 0 Å². The largest absolute Gasteiger partial charge is 0.463 e. The summed E-state index contributed by atoms with van der Waals surface area (Å²) in [6.07, 6.45) is -65.1. The molecule has 2 N–H and O–H groups in total. The molecule has 6 aliphatic heterocycles. The van der Waals surface area contributed by atoms with Crippen molar-refractivity contribution in [1.29, 1.82) is 0 Å². The summed E-state index contributed by atoms with van der Waals surface area (Å²) in [5.74, 6) is -20.7. The van der Waals surface area contributed by atoms with Crippen LogP contribution in [0.4, 0.5) is 0 Å². The Kier molecular flexibility index (Phi) is 37.7. The molecule has 0 aromatic rings. The monoisotopic (exact) mass is 1750 g/mol. The third kappa shape index (κ3) is 29.6. The molecule has 6 fully saturated rings. The van der Waals surface area contributed by atoms with Gasteiger partial charge in [0, 0.05) is 125 Å². The van der Waals surface area contributed by atoms with E-state index in [2.05, 4.69) is 0 Å². The predicted molar refractivity (Wildman–Crippen MR) is 371 cm³/mol. The first-order chi connectivity index (χ1) is 56.6. The maximum atomic E-state index is 13.9. The molecule has 0 amide bonds. The van der Waals surface area contributed by atoms with Crippen LogP contribution in [0.2, 0.25) is 0 Å². The van der Waals surface area contributed by atoms with Gasteiger partial charge in [0.2, 0.25) is 0 Å². The molecule has 6 aliphatic rings. The van der Waals surface area contributed by atoms with Gasteiger partial charge in [0.05, 0.1) is 0 Å². The summed E-state index contributed by atoms with van der Waals surface area (Å²) in [6, 6.07) is 0. The molecule has 0 bridgehead atoms. The molecule has 0 aromatic heterocycles. The summed E-state index contributed by atoms with van der Waals surface area (Å²) in [4.78, 5) is 236. The highest BCUT2D eigenvalue weighted by atomic mass is 16.8. The SMILES string of the molecule is CC(=O)OC[C@H]1O[C@@H](O[C@@H]2[C@@H](OC(C)=O)[C@H](O[C@H]3[C@H](OC(C)=O)[C@@H](OC(C)=O)[C@H](O[C@@H]4[C@@H](OC(C)=O)[C@H](O[C@H]5[C@H](OC(C)=O)[C@@H](OC(C)=O)[C@H](O[C@@H]6[C@@H](OC(C)=O)[C@H](O)O[C@H](COC(C)=O)[C@H]6OC(C)=O)O[C@@H]5COC(C)=O)O[C@H](COC(C)=O)[C@H]4OC(C)=O)O[C@@H]3COC(C)=O)O[C@H](COC(C)=O)[C@H]2OC(C)=O)[C@H](OC(C)=O)[C@@H](OC(C)=O)[C@@H]1O. The van der Waals surface area contributed by atoms with E-state index in [4.69, 9.17) is 137 Å². The fourth-order valence-corrected chi connectivity index (χ4v) is 13.3. The second-order valence-electron chi connectivity index (χ2n) is 27.5. The van der Waals surface area contributed by atoms with E-state index in [1.54, 1.807) is 0 Å². The van der Waals surface area contributed by atoms with Crippen LogP contribution in [0.1, 0.15) is 125 Å². The lowest BCUT2D eigenvalue weighted by molar-refractivity contribution is -0.397. The van der Waals surface area contributed by atoms with Gasteiger partial charge >= 0.3 is 107 Å². The topological polar surface area (TPSA) is 615 Å². The predicted octanol–water partition coefficient (Wildman–Crippen LogP) is -3.83. The number of ether oxygens (including phenoxy) is 29. The van der Waals surface area contributed by atoms with Gasteiger partial charge in [0.25, 0.3) is 0 Å². The van der Waals surface area contributed by atoms with Crippen molar-refractivity contribution in [3.8, 4) is 0 Å². The molecule has 30 atom stereocenters. The van der Waals surface area contributed by atoms with Gasteiger partial charge in [0.1, 0.15) is 113 Å².